The standard InChI is InChI=1S/C11H20N2O2/c1-8(2)12(4)11(15)10-6-13(7-14)5-9(10)3/h7-10H,5-6H2,1-4H3. The molecule has 2 amide bonds. The normalized spacial score (nSPS) is 25.8. The Bertz CT molecular complexity index is 253. The van der Waals surface area contributed by atoms with Gasteiger partial charge in [-0.25, -0.2) is 0 Å². The van der Waals surface area contributed by atoms with E-state index in [1.807, 2.05) is 27.8 Å². The molecule has 4 heteroatoms. The van der Waals surface area contributed by atoms with E-state index < -0.39 is 0 Å². The fourth-order valence-electron chi connectivity index (χ4n) is 1.93. The van der Waals surface area contributed by atoms with Crippen molar-refractivity contribution in [3.8, 4) is 0 Å². The van der Waals surface area contributed by atoms with Gasteiger partial charge in [0.05, 0.1) is 5.92 Å². The first-order valence-electron chi connectivity index (χ1n) is 5.43. The van der Waals surface area contributed by atoms with E-state index in [-0.39, 0.29) is 23.8 Å². The van der Waals surface area contributed by atoms with Crippen molar-refractivity contribution in [2.24, 2.45) is 11.8 Å². The lowest BCUT2D eigenvalue weighted by atomic mass is 9.96. The lowest BCUT2D eigenvalue weighted by Crippen LogP contribution is -2.40. The first kappa shape index (κ1) is 12.0. The summed E-state index contributed by atoms with van der Waals surface area (Å²) in [5, 5.41) is 0. The third kappa shape index (κ3) is 2.49. The largest absolute Gasteiger partial charge is 0.344 e. The molecule has 0 aromatic carbocycles. The number of hydrogen-bond donors (Lipinski definition) is 0. The SMILES string of the molecule is CC1CN(C=O)CC1C(=O)N(C)C(C)C. The molecular formula is C11H20N2O2. The Kier molecular flexibility index (Phi) is 3.72. The maximum atomic E-state index is 12.0. The van der Waals surface area contributed by atoms with Crippen LogP contribution in [0.4, 0.5) is 0 Å². The molecule has 1 saturated heterocycles. The zero-order valence-electron chi connectivity index (χ0n) is 9.93. The molecule has 2 atom stereocenters. The molecule has 0 aliphatic carbocycles. The van der Waals surface area contributed by atoms with Crippen LogP contribution in [0.2, 0.25) is 0 Å². The quantitative estimate of drug-likeness (QED) is 0.642. The molecule has 86 valence electrons. The summed E-state index contributed by atoms with van der Waals surface area (Å²) in [6.45, 7) is 7.29. The smallest absolute Gasteiger partial charge is 0.227 e. The second-order valence-corrected chi connectivity index (χ2v) is 4.69. The number of amides is 2. The molecule has 0 N–H and O–H groups in total. The molecule has 15 heavy (non-hydrogen) atoms. The van der Waals surface area contributed by atoms with Gasteiger partial charge >= 0.3 is 0 Å². The molecule has 0 spiro atoms. The van der Waals surface area contributed by atoms with Gasteiger partial charge in [-0.2, -0.15) is 0 Å². The van der Waals surface area contributed by atoms with E-state index in [2.05, 4.69) is 0 Å². The van der Waals surface area contributed by atoms with E-state index in [1.165, 1.54) is 0 Å². The minimum absolute atomic E-state index is 0.0254. The molecule has 2 unspecified atom stereocenters. The van der Waals surface area contributed by atoms with Gasteiger partial charge in [-0.15, -0.1) is 0 Å². The molecule has 4 nitrogen and oxygen atoms in total. The van der Waals surface area contributed by atoms with Crippen LogP contribution in [-0.4, -0.2) is 48.3 Å². The molecule has 1 fully saturated rings. The predicted molar refractivity (Wildman–Crippen MR) is 58.2 cm³/mol. The van der Waals surface area contributed by atoms with Gasteiger partial charge in [-0.1, -0.05) is 6.92 Å². The Balaban J connectivity index is 2.64. The Morgan fingerprint density at radius 3 is 2.47 bits per heavy atom. The number of likely N-dealkylation sites (tertiary alicyclic amines) is 1. The first-order valence-corrected chi connectivity index (χ1v) is 5.43. The van der Waals surface area contributed by atoms with E-state index in [0.717, 1.165) is 6.41 Å². The summed E-state index contributed by atoms with van der Waals surface area (Å²) >= 11 is 0. The summed E-state index contributed by atoms with van der Waals surface area (Å²) in [5.41, 5.74) is 0. The van der Waals surface area contributed by atoms with Crippen molar-refractivity contribution in [1.82, 2.24) is 9.80 Å². The summed E-state index contributed by atoms with van der Waals surface area (Å²) in [4.78, 5) is 26.1. The minimum Gasteiger partial charge on any atom is -0.344 e. The monoisotopic (exact) mass is 212 g/mol. The molecule has 0 bridgehead atoms. The minimum atomic E-state index is -0.0254. The van der Waals surface area contributed by atoms with Crippen molar-refractivity contribution in [2.75, 3.05) is 20.1 Å². The van der Waals surface area contributed by atoms with E-state index in [4.69, 9.17) is 0 Å². The molecule has 1 aliphatic rings. The summed E-state index contributed by atoms with van der Waals surface area (Å²) in [7, 11) is 1.82. The molecule has 1 rings (SSSR count). The van der Waals surface area contributed by atoms with Crippen LogP contribution in [0.3, 0.4) is 0 Å². The van der Waals surface area contributed by atoms with Gasteiger partial charge in [0.2, 0.25) is 12.3 Å². The second-order valence-electron chi connectivity index (χ2n) is 4.69. The summed E-state index contributed by atoms with van der Waals surface area (Å²) in [5.74, 6) is 0.397. The zero-order valence-corrected chi connectivity index (χ0v) is 9.93. The molecule has 0 aromatic heterocycles. The van der Waals surface area contributed by atoms with Crippen LogP contribution >= 0.6 is 0 Å². The van der Waals surface area contributed by atoms with Gasteiger partial charge in [-0.05, 0) is 19.8 Å². The van der Waals surface area contributed by atoms with Gasteiger partial charge in [0, 0.05) is 26.2 Å². The van der Waals surface area contributed by atoms with Crippen molar-refractivity contribution < 1.29 is 9.59 Å². The lowest BCUT2D eigenvalue weighted by Gasteiger charge is -2.26. The number of carbonyl (C=O) groups is 2. The first-order chi connectivity index (χ1) is 6.97. The van der Waals surface area contributed by atoms with Crippen molar-refractivity contribution in [3.63, 3.8) is 0 Å². The average molecular weight is 212 g/mol. The van der Waals surface area contributed by atoms with Crippen LogP contribution < -0.4 is 0 Å². The van der Waals surface area contributed by atoms with Crippen molar-refractivity contribution in [2.45, 2.75) is 26.8 Å². The highest BCUT2D eigenvalue weighted by Gasteiger charge is 2.36. The number of hydrogen-bond acceptors (Lipinski definition) is 2. The highest BCUT2D eigenvalue weighted by Crippen LogP contribution is 2.23. The van der Waals surface area contributed by atoms with Crippen LogP contribution in [-0.2, 0) is 9.59 Å². The van der Waals surface area contributed by atoms with Crippen LogP contribution in [0.1, 0.15) is 20.8 Å². The Labute approximate surface area is 91.2 Å². The van der Waals surface area contributed by atoms with Crippen LogP contribution in [0.5, 0.6) is 0 Å². The number of carbonyl (C=O) groups excluding carboxylic acids is 2. The van der Waals surface area contributed by atoms with Gasteiger partial charge in [0.25, 0.3) is 0 Å². The van der Waals surface area contributed by atoms with Crippen molar-refractivity contribution >= 4 is 12.3 Å². The maximum Gasteiger partial charge on any atom is 0.227 e. The molecule has 0 radical (unpaired) electrons. The number of nitrogens with zero attached hydrogens (tertiary/aromatic N) is 2. The fourth-order valence-corrected chi connectivity index (χ4v) is 1.93. The Morgan fingerprint density at radius 1 is 1.47 bits per heavy atom. The van der Waals surface area contributed by atoms with Crippen LogP contribution in [0.25, 0.3) is 0 Å². The highest BCUT2D eigenvalue weighted by atomic mass is 16.2. The zero-order chi connectivity index (χ0) is 11.6. The highest BCUT2D eigenvalue weighted by molar-refractivity contribution is 5.80. The Morgan fingerprint density at radius 2 is 2.07 bits per heavy atom. The van der Waals surface area contributed by atoms with E-state index in [9.17, 15) is 9.59 Å². The van der Waals surface area contributed by atoms with Crippen molar-refractivity contribution in [3.05, 3.63) is 0 Å². The van der Waals surface area contributed by atoms with Gasteiger partial charge in [-0.3, -0.25) is 9.59 Å². The topological polar surface area (TPSA) is 40.6 Å². The molecular weight excluding hydrogens is 192 g/mol. The van der Waals surface area contributed by atoms with Gasteiger partial charge in [0.1, 0.15) is 0 Å². The van der Waals surface area contributed by atoms with E-state index in [1.54, 1.807) is 9.80 Å². The van der Waals surface area contributed by atoms with E-state index >= 15 is 0 Å². The third-order valence-electron chi connectivity index (χ3n) is 3.23. The number of rotatable bonds is 3. The summed E-state index contributed by atoms with van der Waals surface area (Å²) in [6.07, 6.45) is 0.832. The predicted octanol–water partition coefficient (Wildman–Crippen LogP) is 0.577. The van der Waals surface area contributed by atoms with Crippen LogP contribution in [0, 0.1) is 11.8 Å². The Hall–Kier alpha value is -1.06. The fraction of sp³-hybridized carbons (Fsp3) is 0.818. The molecule has 1 heterocycles. The maximum absolute atomic E-state index is 12.0. The lowest BCUT2D eigenvalue weighted by molar-refractivity contribution is -0.136. The third-order valence-corrected chi connectivity index (χ3v) is 3.23. The molecule has 1 aliphatic heterocycles. The summed E-state index contributed by atoms with van der Waals surface area (Å²) < 4.78 is 0. The molecule has 0 aromatic rings. The van der Waals surface area contributed by atoms with Crippen LogP contribution in [0.15, 0.2) is 0 Å². The molecule has 0 saturated carbocycles. The summed E-state index contributed by atoms with van der Waals surface area (Å²) in [6, 6.07) is 0.218. The van der Waals surface area contributed by atoms with Crippen molar-refractivity contribution in [1.29, 1.82) is 0 Å². The second kappa shape index (κ2) is 4.64. The van der Waals surface area contributed by atoms with Gasteiger partial charge in [0.15, 0.2) is 0 Å². The van der Waals surface area contributed by atoms with Gasteiger partial charge < -0.3 is 9.80 Å². The van der Waals surface area contributed by atoms with E-state index in [0.29, 0.717) is 13.1 Å². The average Bonchev–Trinajstić information content (AvgIpc) is 2.57.